The zero-order valence-corrected chi connectivity index (χ0v) is 7.07. The van der Waals surface area contributed by atoms with Gasteiger partial charge in [0.25, 0.3) is 0 Å². The van der Waals surface area contributed by atoms with E-state index in [1.54, 1.807) is 0 Å². The minimum atomic E-state index is -2.17. The number of rotatable bonds is 0. The number of hydrogen-bond acceptors (Lipinski definition) is 3. The summed E-state index contributed by atoms with van der Waals surface area (Å²) in [6, 6.07) is 0. The molecule has 0 bridgehead atoms. The van der Waals surface area contributed by atoms with E-state index in [2.05, 4.69) is 0 Å². The summed E-state index contributed by atoms with van der Waals surface area (Å²) in [6.45, 7) is 0. The maximum absolute atomic E-state index is 7.17. The third-order valence-electron chi connectivity index (χ3n) is 0. The zero-order chi connectivity index (χ0) is 3.58. The monoisotopic (exact) mass is 200 g/mol. The molecule has 0 aliphatic heterocycles. The molecule has 3 N–H and O–H groups in total. The molecule has 0 spiro atoms. The summed E-state index contributed by atoms with van der Waals surface area (Å²) >= 11 is 0. The smallest absolute Gasteiger partial charge is 0.402 e. The van der Waals surface area contributed by atoms with Crippen molar-refractivity contribution in [3.8, 4) is 0 Å². The van der Waals surface area contributed by atoms with Crippen LogP contribution in [-0.2, 0) is 0 Å². The first-order valence-corrected chi connectivity index (χ1v) is 0.775. The molecule has 3 nitrogen and oxygen atoms in total. The quantitative estimate of drug-likeness (QED) is 0.380. The van der Waals surface area contributed by atoms with Crippen LogP contribution < -0.4 is 0 Å². The Balaban J connectivity index is 0. The Labute approximate surface area is 70.3 Å². The van der Waals surface area contributed by atoms with Crippen molar-refractivity contribution in [1.82, 2.24) is 0 Å². The Bertz CT molecular complexity index is 11.6. The maximum Gasteiger partial charge on any atom is 0.631 e. The van der Waals surface area contributed by atoms with Gasteiger partial charge in [-0.1, -0.05) is 0 Å². The SMILES string of the molecule is OB(O)O.[Ba]. The van der Waals surface area contributed by atoms with Gasteiger partial charge in [0.05, 0.1) is 0 Å². The maximum atomic E-state index is 7.17. The van der Waals surface area contributed by atoms with Gasteiger partial charge in [-0.25, -0.2) is 0 Å². The van der Waals surface area contributed by atoms with E-state index in [0.717, 1.165) is 0 Å². The van der Waals surface area contributed by atoms with Crippen LogP contribution in [0.25, 0.3) is 0 Å². The molecule has 0 unspecified atom stereocenters. The van der Waals surface area contributed by atoms with E-state index < -0.39 is 7.32 Å². The molecule has 2 radical (unpaired) electrons. The summed E-state index contributed by atoms with van der Waals surface area (Å²) in [6.07, 6.45) is 0. The summed E-state index contributed by atoms with van der Waals surface area (Å²) < 4.78 is 0. The van der Waals surface area contributed by atoms with E-state index in [1.165, 1.54) is 0 Å². The Morgan fingerprint density at radius 3 is 1.00 bits per heavy atom. The van der Waals surface area contributed by atoms with E-state index in [4.69, 9.17) is 15.1 Å². The molecular formula is H3BBaO3. The van der Waals surface area contributed by atoms with Gasteiger partial charge < -0.3 is 15.1 Å². The molecule has 0 fully saturated rings. The minimum absolute atomic E-state index is 0. The molecule has 0 aromatic rings. The molecule has 0 aliphatic rings. The van der Waals surface area contributed by atoms with E-state index in [1.807, 2.05) is 0 Å². The molecule has 0 atom stereocenters. The van der Waals surface area contributed by atoms with Gasteiger partial charge in [-0.2, -0.15) is 0 Å². The van der Waals surface area contributed by atoms with Crippen LogP contribution in [-0.4, -0.2) is 71.3 Å². The predicted octanol–water partition coefficient (Wildman–Crippen LogP) is -2.43. The second-order valence-corrected chi connectivity index (χ2v) is 0.346. The Morgan fingerprint density at radius 1 is 1.00 bits per heavy atom. The number of hydrogen-bond donors (Lipinski definition) is 3. The first-order valence-electron chi connectivity index (χ1n) is 0.775. The average Bonchev–Trinajstić information content (AvgIpc) is 0.811. The largest absolute Gasteiger partial charge is 0.631 e. The Morgan fingerprint density at radius 2 is 1.00 bits per heavy atom. The molecule has 5 heteroatoms. The van der Waals surface area contributed by atoms with Gasteiger partial charge >= 0.3 is 7.32 Å². The normalized spacial score (nSPS) is 5.40. The Hall–Kier alpha value is 1.52. The van der Waals surface area contributed by atoms with Gasteiger partial charge in [0.1, 0.15) is 0 Å². The van der Waals surface area contributed by atoms with Crippen molar-refractivity contribution in [2.24, 2.45) is 0 Å². The van der Waals surface area contributed by atoms with E-state index in [-0.39, 0.29) is 48.9 Å². The third-order valence-corrected chi connectivity index (χ3v) is 0. The third kappa shape index (κ3) is 29.7. The van der Waals surface area contributed by atoms with Crippen LogP contribution in [0.5, 0.6) is 0 Å². The van der Waals surface area contributed by atoms with Crippen molar-refractivity contribution >= 4 is 56.2 Å². The van der Waals surface area contributed by atoms with Crippen molar-refractivity contribution in [1.29, 1.82) is 0 Å². The minimum Gasteiger partial charge on any atom is -0.402 e. The van der Waals surface area contributed by atoms with Gasteiger partial charge in [0.2, 0.25) is 0 Å². The fourth-order valence-corrected chi connectivity index (χ4v) is 0. The summed E-state index contributed by atoms with van der Waals surface area (Å²) in [7, 11) is -2.17. The fraction of sp³-hybridized carbons (Fsp3) is 0. The predicted molar refractivity (Wildman–Crippen MR) is 18.2 cm³/mol. The van der Waals surface area contributed by atoms with Crippen LogP contribution in [0.15, 0.2) is 0 Å². The van der Waals surface area contributed by atoms with Gasteiger partial charge in [0.15, 0.2) is 0 Å². The topological polar surface area (TPSA) is 60.7 Å². The molecule has 5 heavy (non-hydrogen) atoms. The molecular weight excluding hydrogens is 196 g/mol. The van der Waals surface area contributed by atoms with Crippen LogP contribution in [0.1, 0.15) is 0 Å². The second kappa shape index (κ2) is 5.52. The van der Waals surface area contributed by atoms with Gasteiger partial charge in [-0.05, 0) is 0 Å². The fourth-order valence-electron chi connectivity index (χ4n) is 0. The molecule has 0 saturated carbocycles. The molecule has 0 aromatic heterocycles. The molecule has 0 rings (SSSR count). The van der Waals surface area contributed by atoms with Crippen LogP contribution >= 0.6 is 0 Å². The standard InChI is InChI=1S/BH3O3.Ba/c2-1(3)4;/h2-4H;. The van der Waals surface area contributed by atoms with Crippen molar-refractivity contribution in [3.05, 3.63) is 0 Å². The molecule has 0 amide bonds. The second-order valence-electron chi connectivity index (χ2n) is 0.346. The van der Waals surface area contributed by atoms with Crippen molar-refractivity contribution < 1.29 is 15.1 Å². The van der Waals surface area contributed by atoms with E-state index >= 15 is 0 Å². The first kappa shape index (κ1) is 9.72. The molecule has 26 valence electrons. The van der Waals surface area contributed by atoms with Gasteiger partial charge in [-0.15, -0.1) is 0 Å². The van der Waals surface area contributed by atoms with Gasteiger partial charge in [0, 0.05) is 48.9 Å². The summed E-state index contributed by atoms with van der Waals surface area (Å²) in [5.74, 6) is 0. The summed E-state index contributed by atoms with van der Waals surface area (Å²) in [5, 5.41) is 21.5. The molecule has 0 aromatic carbocycles. The molecule has 0 saturated heterocycles. The zero-order valence-electron chi connectivity index (χ0n) is 2.63. The summed E-state index contributed by atoms with van der Waals surface area (Å²) in [4.78, 5) is 0. The van der Waals surface area contributed by atoms with Crippen molar-refractivity contribution in [3.63, 3.8) is 0 Å². The van der Waals surface area contributed by atoms with E-state index in [9.17, 15) is 0 Å². The van der Waals surface area contributed by atoms with Crippen LogP contribution in [0, 0.1) is 0 Å². The van der Waals surface area contributed by atoms with Crippen LogP contribution in [0.3, 0.4) is 0 Å². The first-order chi connectivity index (χ1) is 1.73. The molecule has 0 aliphatic carbocycles. The molecule has 0 heterocycles. The summed E-state index contributed by atoms with van der Waals surface area (Å²) in [5.41, 5.74) is 0. The van der Waals surface area contributed by atoms with Crippen molar-refractivity contribution in [2.75, 3.05) is 0 Å². The average molecular weight is 199 g/mol. The van der Waals surface area contributed by atoms with Crippen LogP contribution in [0.2, 0.25) is 0 Å². The van der Waals surface area contributed by atoms with E-state index in [0.29, 0.717) is 0 Å². The van der Waals surface area contributed by atoms with Gasteiger partial charge in [-0.3, -0.25) is 0 Å². The van der Waals surface area contributed by atoms with Crippen LogP contribution in [0.4, 0.5) is 0 Å². The Kier molecular flexibility index (Phi) is 10.7. The van der Waals surface area contributed by atoms with Crippen molar-refractivity contribution in [2.45, 2.75) is 0 Å².